The first kappa shape index (κ1) is 6.43. The van der Waals surface area contributed by atoms with Crippen molar-refractivity contribution in [2.45, 2.75) is 13.0 Å². The monoisotopic (exact) mass is 103 g/mol. The Morgan fingerprint density at radius 2 is 2.29 bits per heavy atom. The van der Waals surface area contributed by atoms with Crippen LogP contribution in [0.2, 0.25) is 0 Å². The average molecular weight is 103 g/mol. The lowest BCUT2D eigenvalue weighted by atomic mass is 10.3. The van der Waals surface area contributed by atoms with Crippen LogP contribution >= 0.6 is 0 Å². The quantitative estimate of drug-likeness (QED) is 0.419. The highest BCUT2D eigenvalue weighted by atomic mass is 16.1. The number of rotatable bonds is 2. The first-order valence-corrected chi connectivity index (χ1v) is 2.27. The third-order valence-electron chi connectivity index (χ3n) is 0.949. The van der Waals surface area contributed by atoms with E-state index >= 15 is 0 Å². The Hall–Kier alpha value is -0.570. The average Bonchev–Trinajstić information content (AvgIpc) is 1.65. The zero-order chi connectivity index (χ0) is 5.86. The van der Waals surface area contributed by atoms with E-state index in [1.54, 1.807) is 12.2 Å². The van der Waals surface area contributed by atoms with Crippen LogP contribution in [-0.4, -0.2) is 19.0 Å². The van der Waals surface area contributed by atoms with Crippen molar-refractivity contribution in [3.63, 3.8) is 0 Å². The summed E-state index contributed by atoms with van der Waals surface area (Å²) in [5, 5.41) is 1.77. The highest BCUT2D eigenvalue weighted by Crippen LogP contribution is 1.62. The van der Waals surface area contributed by atoms with Crippen LogP contribution in [0.1, 0.15) is 6.92 Å². The van der Waals surface area contributed by atoms with E-state index in [2.05, 4.69) is 0 Å². The van der Waals surface area contributed by atoms with Crippen LogP contribution in [0.4, 0.5) is 0 Å². The molecule has 0 saturated heterocycles. The molecule has 0 aromatic heterocycles. The van der Waals surface area contributed by atoms with Crippen molar-refractivity contribution in [1.29, 1.82) is 0 Å². The molecule has 0 bridgehead atoms. The molecule has 0 rings (SSSR count). The summed E-state index contributed by atoms with van der Waals surface area (Å²) >= 11 is 0. The molecule has 0 spiro atoms. The Labute approximate surface area is 42.9 Å². The standard InChI is InChI=1S/C4H10N2O/c1-3(6-2)4(5)7/h3,6H,1-2H3,(H2,5,7)/p+1. The summed E-state index contributed by atoms with van der Waals surface area (Å²) in [5.74, 6) is -0.262. The summed E-state index contributed by atoms with van der Waals surface area (Å²) in [6, 6.07) is -0.0833. The molecule has 1 amide bonds. The molecule has 7 heavy (non-hydrogen) atoms. The van der Waals surface area contributed by atoms with Crippen LogP contribution in [0.3, 0.4) is 0 Å². The second kappa shape index (κ2) is 2.58. The molecule has 4 N–H and O–H groups in total. The smallest absolute Gasteiger partial charge is 0.275 e. The number of likely N-dealkylation sites (N-methyl/N-ethyl adjacent to an activating group) is 1. The second-order valence-corrected chi connectivity index (χ2v) is 1.52. The fourth-order valence-electron chi connectivity index (χ4n) is 0.164. The molecule has 0 radical (unpaired) electrons. The normalized spacial score (nSPS) is 13.4. The van der Waals surface area contributed by atoms with Crippen molar-refractivity contribution < 1.29 is 10.1 Å². The summed E-state index contributed by atoms with van der Waals surface area (Å²) in [4.78, 5) is 10.1. The van der Waals surface area contributed by atoms with E-state index in [-0.39, 0.29) is 11.9 Å². The topological polar surface area (TPSA) is 59.7 Å². The molecule has 0 heterocycles. The van der Waals surface area contributed by atoms with Gasteiger partial charge in [0.1, 0.15) is 0 Å². The minimum atomic E-state index is -0.262. The molecule has 42 valence electrons. The van der Waals surface area contributed by atoms with Crippen molar-refractivity contribution in [2.75, 3.05) is 7.05 Å². The second-order valence-electron chi connectivity index (χ2n) is 1.52. The van der Waals surface area contributed by atoms with E-state index in [1.165, 1.54) is 0 Å². The lowest BCUT2D eigenvalue weighted by Gasteiger charge is -1.97. The Bertz CT molecular complexity index is 72.1. The van der Waals surface area contributed by atoms with Gasteiger partial charge in [-0.3, -0.25) is 4.79 Å². The van der Waals surface area contributed by atoms with Crippen LogP contribution in [0.5, 0.6) is 0 Å². The highest BCUT2D eigenvalue weighted by molar-refractivity contribution is 5.77. The SMILES string of the molecule is C[NH2+]C(C)C(N)=O. The van der Waals surface area contributed by atoms with Gasteiger partial charge in [-0.1, -0.05) is 0 Å². The van der Waals surface area contributed by atoms with Gasteiger partial charge in [0.05, 0.1) is 7.05 Å². The molecule has 0 aliphatic rings. The molecular formula is C4H11N2O+. The van der Waals surface area contributed by atoms with E-state index in [9.17, 15) is 4.79 Å². The van der Waals surface area contributed by atoms with E-state index < -0.39 is 0 Å². The summed E-state index contributed by atoms with van der Waals surface area (Å²) < 4.78 is 0. The third-order valence-corrected chi connectivity index (χ3v) is 0.949. The number of amides is 1. The molecular weight excluding hydrogens is 92.1 g/mol. The van der Waals surface area contributed by atoms with E-state index in [0.717, 1.165) is 0 Å². The summed E-state index contributed by atoms with van der Waals surface area (Å²) in [5.41, 5.74) is 4.88. The number of carbonyl (C=O) groups excluding carboxylic acids is 1. The van der Waals surface area contributed by atoms with Crippen LogP contribution in [0.25, 0.3) is 0 Å². The minimum Gasteiger partial charge on any atom is -0.365 e. The molecule has 0 saturated carbocycles. The van der Waals surface area contributed by atoms with Crippen LogP contribution < -0.4 is 11.1 Å². The molecule has 3 nitrogen and oxygen atoms in total. The minimum absolute atomic E-state index is 0.0833. The van der Waals surface area contributed by atoms with Crippen molar-refractivity contribution in [3.8, 4) is 0 Å². The Kier molecular flexibility index (Phi) is 2.37. The Morgan fingerprint density at radius 1 is 1.86 bits per heavy atom. The Morgan fingerprint density at radius 3 is 2.29 bits per heavy atom. The molecule has 0 fully saturated rings. The maximum atomic E-state index is 10.1. The number of carbonyl (C=O) groups is 1. The fourth-order valence-corrected chi connectivity index (χ4v) is 0.164. The first-order valence-electron chi connectivity index (χ1n) is 2.27. The van der Waals surface area contributed by atoms with Gasteiger partial charge in [0, 0.05) is 0 Å². The summed E-state index contributed by atoms with van der Waals surface area (Å²) in [7, 11) is 1.81. The maximum absolute atomic E-state index is 10.1. The van der Waals surface area contributed by atoms with Crippen molar-refractivity contribution >= 4 is 5.91 Å². The van der Waals surface area contributed by atoms with Gasteiger partial charge in [-0.05, 0) is 6.92 Å². The number of quaternary nitrogens is 1. The van der Waals surface area contributed by atoms with Crippen LogP contribution in [0, 0.1) is 0 Å². The van der Waals surface area contributed by atoms with Gasteiger partial charge in [-0.25, -0.2) is 0 Å². The zero-order valence-corrected chi connectivity index (χ0v) is 4.64. The fraction of sp³-hybridized carbons (Fsp3) is 0.750. The van der Waals surface area contributed by atoms with Gasteiger partial charge in [0.15, 0.2) is 6.04 Å². The predicted molar refractivity (Wildman–Crippen MR) is 26.5 cm³/mol. The number of nitrogens with two attached hydrogens (primary N) is 2. The highest BCUT2D eigenvalue weighted by Gasteiger charge is 2.05. The van der Waals surface area contributed by atoms with Crippen molar-refractivity contribution in [2.24, 2.45) is 5.73 Å². The van der Waals surface area contributed by atoms with Gasteiger partial charge in [-0.15, -0.1) is 0 Å². The van der Waals surface area contributed by atoms with Crippen molar-refractivity contribution in [1.82, 2.24) is 0 Å². The van der Waals surface area contributed by atoms with Crippen molar-refractivity contribution in [3.05, 3.63) is 0 Å². The lowest BCUT2D eigenvalue weighted by Crippen LogP contribution is -2.88. The van der Waals surface area contributed by atoms with Crippen LogP contribution in [-0.2, 0) is 4.79 Å². The molecule has 0 aliphatic carbocycles. The third kappa shape index (κ3) is 2.17. The summed E-state index contributed by atoms with van der Waals surface area (Å²) in [6.07, 6.45) is 0. The molecule has 0 aliphatic heterocycles. The Balaban J connectivity index is 3.34. The number of primary amides is 1. The largest absolute Gasteiger partial charge is 0.365 e. The number of hydrogen-bond acceptors (Lipinski definition) is 1. The lowest BCUT2D eigenvalue weighted by molar-refractivity contribution is -0.646. The van der Waals surface area contributed by atoms with Gasteiger partial charge >= 0.3 is 0 Å². The molecule has 1 unspecified atom stereocenters. The molecule has 0 aromatic rings. The van der Waals surface area contributed by atoms with Gasteiger partial charge in [-0.2, -0.15) is 0 Å². The number of hydrogen-bond donors (Lipinski definition) is 2. The summed E-state index contributed by atoms with van der Waals surface area (Å²) in [6.45, 7) is 1.77. The van der Waals surface area contributed by atoms with E-state index in [4.69, 9.17) is 5.73 Å². The van der Waals surface area contributed by atoms with Crippen LogP contribution in [0.15, 0.2) is 0 Å². The van der Waals surface area contributed by atoms with Gasteiger partial charge in [0.2, 0.25) is 0 Å². The zero-order valence-electron chi connectivity index (χ0n) is 4.64. The van der Waals surface area contributed by atoms with E-state index in [0.29, 0.717) is 0 Å². The molecule has 0 aromatic carbocycles. The van der Waals surface area contributed by atoms with Gasteiger partial charge < -0.3 is 11.1 Å². The van der Waals surface area contributed by atoms with E-state index in [1.807, 2.05) is 7.05 Å². The first-order chi connectivity index (χ1) is 3.18. The molecule has 3 heteroatoms. The van der Waals surface area contributed by atoms with Gasteiger partial charge in [0.25, 0.3) is 5.91 Å². The maximum Gasteiger partial charge on any atom is 0.275 e. The predicted octanol–water partition coefficient (Wildman–Crippen LogP) is -1.95. The molecule has 1 atom stereocenters.